The lowest BCUT2D eigenvalue weighted by molar-refractivity contribution is 0.627. The van der Waals surface area contributed by atoms with E-state index < -0.39 is 0 Å². The quantitative estimate of drug-likeness (QED) is 0.888. The molecule has 1 N–H and O–H groups in total. The van der Waals surface area contributed by atoms with E-state index in [1.165, 1.54) is 12.1 Å². The van der Waals surface area contributed by atoms with Gasteiger partial charge in [0.25, 0.3) is 0 Å². The van der Waals surface area contributed by atoms with Crippen molar-refractivity contribution in [2.75, 3.05) is 30.4 Å². The Morgan fingerprint density at radius 3 is 2.58 bits per heavy atom. The topological polar surface area (TPSA) is 15.3 Å². The molecule has 0 aliphatic carbocycles. The molecular formula is C15H16ClFN2. The minimum absolute atomic E-state index is 0.213. The summed E-state index contributed by atoms with van der Waals surface area (Å²) in [5.74, 6) is -0.213. The Kier molecular flexibility index (Phi) is 4.63. The van der Waals surface area contributed by atoms with Crippen LogP contribution < -0.4 is 10.2 Å². The summed E-state index contributed by atoms with van der Waals surface area (Å²) in [5, 5.41) is 4.02. The Balaban J connectivity index is 1.84. The predicted octanol–water partition coefficient (Wildman–Crippen LogP) is 4.03. The molecule has 0 aromatic heterocycles. The molecule has 2 aromatic rings. The average Bonchev–Trinajstić information content (AvgIpc) is 2.41. The number of benzene rings is 2. The number of anilines is 2. The second-order valence-electron chi connectivity index (χ2n) is 4.34. The number of hydrogen-bond donors (Lipinski definition) is 1. The highest BCUT2D eigenvalue weighted by Gasteiger charge is 2.01. The van der Waals surface area contributed by atoms with Gasteiger partial charge in [-0.05, 0) is 42.5 Å². The molecule has 0 aliphatic heterocycles. The molecule has 0 heterocycles. The lowest BCUT2D eigenvalue weighted by Gasteiger charge is -2.19. The van der Waals surface area contributed by atoms with Crippen LogP contribution in [0.3, 0.4) is 0 Å². The molecule has 0 atom stereocenters. The summed E-state index contributed by atoms with van der Waals surface area (Å²) in [5.41, 5.74) is 1.90. The van der Waals surface area contributed by atoms with Gasteiger partial charge in [-0.15, -0.1) is 0 Å². The van der Waals surface area contributed by atoms with Gasteiger partial charge in [-0.2, -0.15) is 0 Å². The third-order valence-electron chi connectivity index (χ3n) is 2.87. The van der Waals surface area contributed by atoms with Crippen LogP contribution >= 0.6 is 11.6 Å². The molecule has 2 aromatic carbocycles. The summed E-state index contributed by atoms with van der Waals surface area (Å²) in [4.78, 5) is 2.01. The molecule has 0 amide bonds. The monoisotopic (exact) mass is 278 g/mol. The van der Waals surface area contributed by atoms with Crippen LogP contribution in [0, 0.1) is 5.82 Å². The molecule has 0 unspecified atom stereocenters. The van der Waals surface area contributed by atoms with Crippen molar-refractivity contribution in [3.63, 3.8) is 0 Å². The summed E-state index contributed by atoms with van der Waals surface area (Å²) < 4.78 is 13.1. The largest absolute Gasteiger partial charge is 0.383 e. The molecule has 19 heavy (non-hydrogen) atoms. The van der Waals surface area contributed by atoms with Crippen molar-refractivity contribution in [2.45, 2.75) is 0 Å². The summed E-state index contributed by atoms with van der Waals surface area (Å²) in [6, 6.07) is 14.2. The summed E-state index contributed by atoms with van der Waals surface area (Å²) in [7, 11) is 1.94. The Bertz CT molecular complexity index is 528. The van der Waals surface area contributed by atoms with Crippen molar-refractivity contribution in [1.29, 1.82) is 0 Å². The summed E-state index contributed by atoms with van der Waals surface area (Å²) in [6.07, 6.45) is 0. The van der Waals surface area contributed by atoms with E-state index in [2.05, 4.69) is 5.32 Å². The minimum Gasteiger partial charge on any atom is -0.383 e. The van der Waals surface area contributed by atoms with E-state index in [9.17, 15) is 4.39 Å². The normalized spacial score (nSPS) is 10.3. The lowest BCUT2D eigenvalue weighted by atomic mass is 10.3. The minimum atomic E-state index is -0.213. The van der Waals surface area contributed by atoms with Crippen molar-refractivity contribution in [2.24, 2.45) is 0 Å². The first kappa shape index (κ1) is 13.7. The van der Waals surface area contributed by atoms with Gasteiger partial charge < -0.3 is 10.2 Å². The Hall–Kier alpha value is -1.74. The van der Waals surface area contributed by atoms with Crippen molar-refractivity contribution in [3.05, 3.63) is 59.4 Å². The summed E-state index contributed by atoms with van der Waals surface area (Å²) >= 11 is 5.82. The first-order valence-corrected chi connectivity index (χ1v) is 6.49. The van der Waals surface area contributed by atoms with Crippen LogP contribution in [0.25, 0.3) is 0 Å². The Labute approximate surface area is 117 Å². The van der Waals surface area contributed by atoms with Gasteiger partial charge in [0.15, 0.2) is 0 Å². The van der Waals surface area contributed by atoms with Crippen LogP contribution in [0.5, 0.6) is 0 Å². The zero-order valence-electron chi connectivity index (χ0n) is 10.7. The standard InChI is InChI=1S/C15H16ClFN2/c1-19(15-4-2-3-13(17)11-15)10-9-18-14-7-5-12(16)6-8-14/h2-8,11,18H,9-10H2,1H3. The van der Waals surface area contributed by atoms with Crippen LogP contribution in [0.4, 0.5) is 15.8 Å². The molecule has 4 heteroatoms. The third kappa shape index (κ3) is 4.14. The molecular weight excluding hydrogens is 263 g/mol. The number of hydrogen-bond acceptors (Lipinski definition) is 2. The molecule has 100 valence electrons. The van der Waals surface area contributed by atoms with E-state index in [1.54, 1.807) is 6.07 Å². The molecule has 0 spiro atoms. The highest BCUT2D eigenvalue weighted by Crippen LogP contribution is 2.15. The Morgan fingerprint density at radius 2 is 1.89 bits per heavy atom. The van der Waals surface area contributed by atoms with Gasteiger partial charge in [0.05, 0.1) is 0 Å². The highest BCUT2D eigenvalue weighted by molar-refractivity contribution is 6.30. The van der Waals surface area contributed by atoms with Crippen molar-refractivity contribution >= 4 is 23.0 Å². The van der Waals surface area contributed by atoms with E-state index in [-0.39, 0.29) is 5.82 Å². The number of likely N-dealkylation sites (N-methyl/N-ethyl adjacent to an activating group) is 1. The van der Waals surface area contributed by atoms with Crippen LogP contribution in [-0.4, -0.2) is 20.1 Å². The first-order chi connectivity index (χ1) is 9.15. The fourth-order valence-electron chi connectivity index (χ4n) is 1.78. The van der Waals surface area contributed by atoms with Gasteiger partial charge in [0, 0.05) is 36.5 Å². The molecule has 2 nitrogen and oxygen atoms in total. The van der Waals surface area contributed by atoms with E-state index in [1.807, 2.05) is 42.3 Å². The molecule has 0 bridgehead atoms. The maximum Gasteiger partial charge on any atom is 0.125 e. The van der Waals surface area contributed by atoms with Gasteiger partial charge in [-0.3, -0.25) is 0 Å². The van der Waals surface area contributed by atoms with Crippen molar-refractivity contribution in [3.8, 4) is 0 Å². The lowest BCUT2D eigenvalue weighted by Crippen LogP contribution is -2.24. The zero-order chi connectivity index (χ0) is 13.7. The predicted molar refractivity (Wildman–Crippen MR) is 79.6 cm³/mol. The Morgan fingerprint density at radius 1 is 1.16 bits per heavy atom. The molecule has 0 saturated carbocycles. The molecule has 0 saturated heterocycles. The molecule has 0 aliphatic rings. The van der Waals surface area contributed by atoms with Gasteiger partial charge in [0.1, 0.15) is 5.82 Å². The van der Waals surface area contributed by atoms with Crippen LogP contribution in [-0.2, 0) is 0 Å². The number of rotatable bonds is 5. The van der Waals surface area contributed by atoms with E-state index >= 15 is 0 Å². The first-order valence-electron chi connectivity index (χ1n) is 6.11. The van der Waals surface area contributed by atoms with Crippen LogP contribution in [0.15, 0.2) is 48.5 Å². The fraction of sp³-hybridized carbons (Fsp3) is 0.200. The average molecular weight is 279 g/mol. The smallest absolute Gasteiger partial charge is 0.125 e. The SMILES string of the molecule is CN(CCNc1ccc(Cl)cc1)c1cccc(F)c1. The van der Waals surface area contributed by atoms with Gasteiger partial charge in [-0.1, -0.05) is 17.7 Å². The second kappa shape index (κ2) is 6.43. The highest BCUT2D eigenvalue weighted by atomic mass is 35.5. The van der Waals surface area contributed by atoms with E-state index in [4.69, 9.17) is 11.6 Å². The second-order valence-corrected chi connectivity index (χ2v) is 4.77. The van der Waals surface area contributed by atoms with Gasteiger partial charge in [-0.25, -0.2) is 4.39 Å². The molecule has 0 fully saturated rings. The van der Waals surface area contributed by atoms with Crippen molar-refractivity contribution in [1.82, 2.24) is 0 Å². The number of nitrogens with one attached hydrogen (secondary N) is 1. The maximum absolute atomic E-state index is 13.1. The fourth-order valence-corrected chi connectivity index (χ4v) is 1.90. The van der Waals surface area contributed by atoms with Gasteiger partial charge >= 0.3 is 0 Å². The van der Waals surface area contributed by atoms with Crippen molar-refractivity contribution < 1.29 is 4.39 Å². The van der Waals surface area contributed by atoms with E-state index in [0.717, 1.165) is 29.5 Å². The van der Waals surface area contributed by atoms with Crippen LogP contribution in [0.1, 0.15) is 0 Å². The molecule has 2 rings (SSSR count). The maximum atomic E-state index is 13.1. The van der Waals surface area contributed by atoms with E-state index in [0.29, 0.717) is 0 Å². The third-order valence-corrected chi connectivity index (χ3v) is 3.12. The summed E-state index contributed by atoms with van der Waals surface area (Å²) in [6.45, 7) is 1.56. The van der Waals surface area contributed by atoms with Gasteiger partial charge in [0.2, 0.25) is 0 Å². The number of nitrogens with zero attached hydrogens (tertiary/aromatic N) is 1. The van der Waals surface area contributed by atoms with Crippen LogP contribution in [0.2, 0.25) is 5.02 Å². The zero-order valence-corrected chi connectivity index (χ0v) is 11.5. The molecule has 0 radical (unpaired) electrons. The number of halogens is 2.